The van der Waals surface area contributed by atoms with Gasteiger partial charge in [0, 0.05) is 28.7 Å². The van der Waals surface area contributed by atoms with Crippen LogP contribution in [-0.2, 0) is 19.2 Å². The Bertz CT molecular complexity index is 1630. The maximum Gasteiger partial charge on any atom is 0.339 e. The molecule has 4 atom stereocenters. The zero-order chi connectivity index (χ0) is 27.7. The average molecular weight is 526 g/mol. The van der Waals surface area contributed by atoms with Crippen molar-refractivity contribution in [3.63, 3.8) is 0 Å². The molecule has 9 nitrogen and oxygen atoms in total. The Hall–Kier alpha value is -4.79. The molecule has 0 saturated carbocycles. The predicted octanol–water partition coefficient (Wildman–Crippen LogP) is 3.43. The van der Waals surface area contributed by atoms with Crippen LogP contribution in [0.3, 0.4) is 0 Å². The van der Waals surface area contributed by atoms with Crippen molar-refractivity contribution >= 4 is 35.0 Å². The van der Waals surface area contributed by atoms with Gasteiger partial charge in [0.25, 0.3) is 0 Å². The molecule has 1 saturated heterocycles. The molecule has 4 aliphatic rings. The van der Waals surface area contributed by atoms with E-state index >= 15 is 0 Å². The Kier molecular flexibility index (Phi) is 5.43. The minimum atomic E-state index is -1.35. The number of carboxylic acid groups (broad SMARTS) is 1. The van der Waals surface area contributed by atoms with Gasteiger partial charge < -0.3 is 15.3 Å². The van der Waals surface area contributed by atoms with Crippen LogP contribution in [0.4, 0.5) is 5.69 Å². The molecule has 9 heteroatoms. The minimum absolute atomic E-state index is 0.00387. The second-order valence-electron chi connectivity index (χ2n) is 10.3. The van der Waals surface area contributed by atoms with Gasteiger partial charge in [-0.05, 0) is 61.6 Å². The second kappa shape index (κ2) is 8.62. The number of rotatable bonds is 3. The number of ketones is 2. The first kappa shape index (κ1) is 24.5. The third kappa shape index (κ3) is 3.57. The summed E-state index contributed by atoms with van der Waals surface area (Å²) in [5, 5.41) is 29.6. The maximum absolute atomic E-state index is 13.9. The molecular formula is C30H23NO8. The van der Waals surface area contributed by atoms with Crippen molar-refractivity contribution in [2.75, 3.05) is 4.90 Å². The standard InChI is InChI=1S/C30H23NO8/c1-13-9-22(33)21-12-20-17(24(26(21)27(13)35)14-3-2-4-16(32)10-14)7-8-19-25(20)29(37)31(28(19)36)15-5-6-18(30(38)39)23(34)11-15/h2-7,9-11,19-20,24-25,32,34H,8,12H2,1H3,(H,38,39)/t19-,20+,24-,25-/m0/s1. The predicted molar refractivity (Wildman–Crippen MR) is 137 cm³/mol. The van der Waals surface area contributed by atoms with Crippen LogP contribution >= 0.6 is 0 Å². The Morgan fingerprint density at radius 3 is 2.44 bits per heavy atom. The van der Waals surface area contributed by atoms with Gasteiger partial charge in [0.15, 0.2) is 11.6 Å². The molecule has 1 heterocycles. The van der Waals surface area contributed by atoms with Crippen molar-refractivity contribution in [2.24, 2.45) is 17.8 Å². The summed E-state index contributed by atoms with van der Waals surface area (Å²) in [5.74, 6) is -6.22. The fourth-order valence-corrected chi connectivity index (χ4v) is 6.54. The number of nitrogens with zero attached hydrogens (tertiary/aromatic N) is 1. The van der Waals surface area contributed by atoms with E-state index in [0.29, 0.717) is 22.3 Å². The van der Waals surface area contributed by atoms with Gasteiger partial charge in [0.05, 0.1) is 17.5 Å². The van der Waals surface area contributed by atoms with E-state index in [9.17, 15) is 39.3 Å². The molecule has 0 aromatic heterocycles. The number of hydrogen-bond donors (Lipinski definition) is 3. The summed E-state index contributed by atoms with van der Waals surface area (Å²) in [7, 11) is 0. The number of imide groups is 1. The van der Waals surface area contributed by atoms with Gasteiger partial charge in [-0.15, -0.1) is 0 Å². The Morgan fingerprint density at radius 2 is 1.74 bits per heavy atom. The molecule has 6 rings (SSSR count). The maximum atomic E-state index is 13.9. The molecule has 0 spiro atoms. The van der Waals surface area contributed by atoms with E-state index in [1.54, 1.807) is 19.1 Å². The van der Waals surface area contributed by atoms with Crippen LogP contribution in [-0.4, -0.2) is 44.7 Å². The summed E-state index contributed by atoms with van der Waals surface area (Å²) in [6.07, 6.45) is 3.51. The van der Waals surface area contributed by atoms with Crippen molar-refractivity contribution in [3.05, 3.63) is 88.0 Å². The summed E-state index contributed by atoms with van der Waals surface area (Å²) in [4.78, 5) is 66.2. The quantitative estimate of drug-likeness (QED) is 0.314. The Morgan fingerprint density at radius 1 is 0.974 bits per heavy atom. The monoisotopic (exact) mass is 525 g/mol. The van der Waals surface area contributed by atoms with Crippen LogP contribution in [0.5, 0.6) is 11.5 Å². The fraction of sp³-hybridized carbons (Fsp3) is 0.233. The first-order chi connectivity index (χ1) is 18.6. The smallest absolute Gasteiger partial charge is 0.339 e. The lowest BCUT2D eigenvalue weighted by Gasteiger charge is -2.42. The van der Waals surface area contributed by atoms with E-state index in [1.165, 1.54) is 24.3 Å². The molecule has 2 aromatic rings. The van der Waals surface area contributed by atoms with Crippen molar-refractivity contribution in [2.45, 2.75) is 25.7 Å². The molecule has 0 unspecified atom stereocenters. The van der Waals surface area contributed by atoms with Crippen molar-refractivity contribution in [1.29, 1.82) is 0 Å². The number of phenolic OH excluding ortho intramolecular Hbond substituents is 1. The summed E-state index contributed by atoms with van der Waals surface area (Å²) < 4.78 is 0. The number of carboxylic acids is 1. The molecule has 3 aliphatic carbocycles. The van der Waals surface area contributed by atoms with Gasteiger partial charge >= 0.3 is 5.97 Å². The molecule has 1 fully saturated rings. The number of aromatic hydroxyl groups is 2. The zero-order valence-electron chi connectivity index (χ0n) is 20.7. The van der Waals surface area contributed by atoms with Crippen LogP contribution in [0.25, 0.3) is 0 Å². The largest absolute Gasteiger partial charge is 0.508 e. The topological polar surface area (TPSA) is 149 Å². The van der Waals surface area contributed by atoms with E-state index in [-0.39, 0.29) is 41.4 Å². The van der Waals surface area contributed by atoms with Crippen LogP contribution in [0.2, 0.25) is 0 Å². The van der Waals surface area contributed by atoms with Gasteiger partial charge in [-0.25, -0.2) is 9.69 Å². The third-order valence-corrected chi connectivity index (χ3v) is 8.24. The number of carbonyl (C=O) groups excluding carboxylic acids is 4. The van der Waals surface area contributed by atoms with E-state index in [1.807, 2.05) is 6.08 Å². The lowest BCUT2D eigenvalue weighted by molar-refractivity contribution is -0.123. The summed E-state index contributed by atoms with van der Waals surface area (Å²) in [6.45, 7) is 1.59. The van der Waals surface area contributed by atoms with Crippen LogP contribution in [0, 0.1) is 17.8 Å². The summed E-state index contributed by atoms with van der Waals surface area (Å²) in [6, 6.07) is 9.98. The van der Waals surface area contributed by atoms with Crippen molar-refractivity contribution in [1.82, 2.24) is 0 Å². The number of amides is 2. The fourth-order valence-electron chi connectivity index (χ4n) is 6.54. The van der Waals surface area contributed by atoms with Gasteiger partial charge in [-0.1, -0.05) is 23.8 Å². The lowest BCUT2D eigenvalue weighted by atomic mass is 9.59. The number of fused-ring (bicyclic) bond motifs is 3. The highest BCUT2D eigenvalue weighted by Crippen LogP contribution is 2.55. The molecule has 39 heavy (non-hydrogen) atoms. The molecule has 3 N–H and O–H groups in total. The van der Waals surface area contributed by atoms with Crippen LogP contribution in [0.15, 0.2) is 76.9 Å². The number of benzene rings is 2. The minimum Gasteiger partial charge on any atom is -0.508 e. The number of Topliss-reactive ketones (excluding diaryl/α,β-unsaturated/α-hetero) is 1. The van der Waals surface area contributed by atoms with E-state index in [0.717, 1.165) is 22.6 Å². The third-order valence-electron chi connectivity index (χ3n) is 8.24. The van der Waals surface area contributed by atoms with E-state index in [4.69, 9.17) is 0 Å². The highest BCUT2D eigenvalue weighted by molar-refractivity contribution is 6.25. The number of carbonyl (C=O) groups is 5. The van der Waals surface area contributed by atoms with Crippen LogP contribution < -0.4 is 4.90 Å². The molecule has 0 radical (unpaired) electrons. The van der Waals surface area contributed by atoms with Crippen LogP contribution in [0.1, 0.15) is 41.6 Å². The molecule has 2 aromatic carbocycles. The van der Waals surface area contributed by atoms with E-state index in [2.05, 4.69) is 0 Å². The van der Waals surface area contributed by atoms with E-state index < -0.39 is 47.2 Å². The molecule has 1 aliphatic heterocycles. The van der Waals surface area contributed by atoms with Gasteiger partial charge in [0.1, 0.15) is 17.1 Å². The summed E-state index contributed by atoms with van der Waals surface area (Å²) in [5.41, 5.74) is 2.03. The molecule has 196 valence electrons. The normalized spacial score (nSPS) is 26.1. The molecular weight excluding hydrogens is 502 g/mol. The Labute approximate surface area is 222 Å². The number of hydrogen-bond acceptors (Lipinski definition) is 7. The number of anilines is 1. The van der Waals surface area contributed by atoms with Gasteiger partial charge in [0.2, 0.25) is 11.8 Å². The first-order valence-electron chi connectivity index (χ1n) is 12.5. The lowest BCUT2D eigenvalue weighted by Crippen LogP contribution is -2.39. The zero-order valence-corrected chi connectivity index (χ0v) is 20.7. The Balaban J connectivity index is 1.46. The van der Waals surface area contributed by atoms with Gasteiger partial charge in [-0.2, -0.15) is 0 Å². The molecule has 0 bridgehead atoms. The summed E-state index contributed by atoms with van der Waals surface area (Å²) >= 11 is 0. The van der Waals surface area contributed by atoms with Crippen molar-refractivity contribution < 1.29 is 39.3 Å². The highest BCUT2D eigenvalue weighted by atomic mass is 16.4. The van der Waals surface area contributed by atoms with Crippen molar-refractivity contribution in [3.8, 4) is 11.5 Å². The number of phenols is 2. The number of aromatic carboxylic acids is 1. The second-order valence-corrected chi connectivity index (χ2v) is 10.3. The average Bonchev–Trinajstić information content (AvgIpc) is 3.15. The SMILES string of the molecule is CC1=CC(=O)C2=C(C1=O)[C@@H](c1cccc(O)c1)C1=CC[C@@H]3C(=O)N(c4ccc(C(=O)O)c(O)c4)C(=O)[C@@H]3[C@@H]1C2. The molecule has 2 amide bonds. The first-order valence-corrected chi connectivity index (χ1v) is 12.5. The van der Waals surface area contributed by atoms with Gasteiger partial charge in [-0.3, -0.25) is 19.2 Å². The number of allylic oxidation sites excluding steroid dienone is 6. The highest BCUT2D eigenvalue weighted by Gasteiger charge is 2.56.